The highest BCUT2D eigenvalue weighted by molar-refractivity contribution is 5.62. The van der Waals surface area contributed by atoms with Crippen LogP contribution in [-0.4, -0.2) is 33.5 Å². The Morgan fingerprint density at radius 2 is 2.12 bits per heavy atom. The molecule has 0 spiro atoms. The first-order chi connectivity index (χ1) is 11.9. The van der Waals surface area contributed by atoms with Crippen LogP contribution in [0.1, 0.15) is 30.7 Å². The lowest BCUT2D eigenvalue weighted by Gasteiger charge is -2.12. The van der Waals surface area contributed by atoms with Gasteiger partial charge in [0.05, 0.1) is 17.6 Å². The Bertz CT molecular complexity index is 874. The zero-order valence-corrected chi connectivity index (χ0v) is 13.6. The molecule has 5 rings (SSSR count). The van der Waals surface area contributed by atoms with Gasteiger partial charge in [0.25, 0.3) is 0 Å². The molecule has 5 nitrogen and oxygen atoms in total. The highest BCUT2D eigenvalue weighted by atomic mass is 15.1. The maximum atomic E-state index is 4.80. The lowest BCUT2D eigenvalue weighted by molar-refractivity contribution is 0.788. The molecule has 4 heterocycles. The summed E-state index contributed by atoms with van der Waals surface area (Å²) in [7, 11) is 0. The minimum absolute atomic E-state index is 0.469. The molecule has 0 bridgehead atoms. The Morgan fingerprint density at radius 3 is 2.96 bits per heavy atom. The third-order valence-electron chi connectivity index (χ3n) is 5.01. The summed E-state index contributed by atoms with van der Waals surface area (Å²) in [6, 6.07) is 11.1. The fourth-order valence-corrected chi connectivity index (χ4v) is 3.50. The summed E-state index contributed by atoms with van der Waals surface area (Å²) >= 11 is 0. The predicted octanol–water partition coefficient (Wildman–Crippen LogP) is 3.05. The maximum Gasteiger partial charge on any atom is 0.137 e. The first-order valence-electron chi connectivity index (χ1n) is 8.78. The van der Waals surface area contributed by atoms with Crippen LogP contribution in [0.15, 0.2) is 42.7 Å². The molecule has 2 fully saturated rings. The molecule has 0 radical (unpaired) electrons. The van der Waals surface area contributed by atoms with Crippen molar-refractivity contribution in [2.75, 3.05) is 18.4 Å². The summed E-state index contributed by atoms with van der Waals surface area (Å²) in [6.45, 7) is 2.08. The number of nitrogens with one attached hydrogen (secondary N) is 2. The van der Waals surface area contributed by atoms with E-state index in [2.05, 4.69) is 50.5 Å². The number of aromatic nitrogens is 3. The van der Waals surface area contributed by atoms with Gasteiger partial charge in [-0.25, -0.2) is 9.97 Å². The smallest absolute Gasteiger partial charge is 0.137 e. The van der Waals surface area contributed by atoms with Crippen molar-refractivity contribution in [3.05, 3.63) is 48.3 Å². The first kappa shape index (κ1) is 14.0. The fraction of sp³-hybridized carbons (Fsp3) is 0.368. The maximum absolute atomic E-state index is 4.80. The molecular weight excluding hydrogens is 298 g/mol. The quantitative estimate of drug-likeness (QED) is 0.776. The van der Waals surface area contributed by atoms with Gasteiger partial charge in [-0.2, -0.15) is 0 Å². The Balaban J connectivity index is 1.47. The molecule has 2 aliphatic rings. The topological polar surface area (TPSA) is 54.2 Å². The second kappa shape index (κ2) is 5.60. The normalized spacial score (nSPS) is 20.6. The molecule has 5 heteroatoms. The molecule has 1 aliphatic heterocycles. The summed E-state index contributed by atoms with van der Waals surface area (Å²) in [5, 5.41) is 6.89. The minimum Gasteiger partial charge on any atom is -0.366 e. The Hall–Kier alpha value is -2.40. The van der Waals surface area contributed by atoms with Crippen molar-refractivity contribution in [3.63, 3.8) is 0 Å². The standard InChI is InChI=1S/C19H21N5/c1-2-16(23-18(3-1)22-15-6-8-20-11-15)17-12-21-19-10-14(13-4-5-13)7-9-24(17)19/h1-3,7,9-10,12-13,15,20H,4-6,8,11H2,(H,22,23). The molecule has 122 valence electrons. The molecule has 3 aromatic heterocycles. The zero-order valence-electron chi connectivity index (χ0n) is 13.6. The average molecular weight is 319 g/mol. The van der Waals surface area contributed by atoms with Crippen molar-refractivity contribution in [1.82, 2.24) is 19.7 Å². The monoisotopic (exact) mass is 319 g/mol. The number of hydrogen-bond donors (Lipinski definition) is 2. The average Bonchev–Trinajstić information content (AvgIpc) is 3.18. The number of nitrogens with zero attached hydrogens (tertiary/aromatic N) is 3. The third kappa shape index (κ3) is 2.55. The first-order valence-corrected chi connectivity index (χ1v) is 8.78. The van der Waals surface area contributed by atoms with Gasteiger partial charge in [-0.15, -0.1) is 0 Å². The van der Waals surface area contributed by atoms with Crippen LogP contribution in [0.25, 0.3) is 17.0 Å². The molecule has 0 aromatic carbocycles. The third-order valence-corrected chi connectivity index (χ3v) is 5.01. The molecule has 24 heavy (non-hydrogen) atoms. The van der Waals surface area contributed by atoms with E-state index < -0.39 is 0 Å². The fourth-order valence-electron chi connectivity index (χ4n) is 3.50. The second-order valence-corrected chi connectivity index (χ2v) is 6.85. The second-order valence-electron chi connectivity index (χ2n) is 6.85. The molecule has 1 saturated heterocycles. The molecule has 1 saturated carbocycles. The Labute approximate surface area is 141 Å². The summed E-state index contributed by atoms with van der Waals surface area (Å²) in [6.07, 6.45) is 7.83. The van der Waals surface area contributed by atoms with Crippen LogP contribution in [0.3, 0.4) is 0 Å². The number of pyridine rings is 2. The van der Waals surface area contributed by atoms with Gasteiger partial charge in [0, 0.05) is 18.8 Å². The highest BCUT2D eigenvalue weighted by Crippen LogP contribution is 2.40. The molecule has 0 amide bonds. The molecule has 3 aromatic rings. The number of hydrogen-bond acceptors (Lipinski definition) is 4. The Morgan fingerprint density at radius 1 is 1.17 bits per heavy atom. The van der Waals surface area contributed by atoms with E-state index in [0.717, 1.165) is 48.3 Å². The molecule has 1 atom stereocenters. The van der Waals surface area contributed by atoms with Gasteiger partial charge in [0.1, 0.15) is 11.5 Å². The van der Waals surface area contributed by atoms with Crippen LogP contribution in [0.2, 0.25) is 0 Å². The van der Waals surface area contributed by atoms with E-state index in [1.165, 1.54) is 18.4 Å². The van der Waals surface area contributed by atoms with Gasteiger partial charge < -0.3 is 10.6 Å². The van der Waals surface area contributed by atoms with Gasteiger partial charge in [-0.05, 0) is 61.6 Å². The van der Waals surface area contributed by atoms with E-state index in [-0.39, 0.29) is 0 Å². The largest absolute Gasteiger partial charge is 0.366 e. The lowest BCUT2D eigenvalue weighted by Crippen LogP contribution is -2.22. The summed E-state index contributed by atoms with van der Waals surface area (Å²) in [5.41, 5.74) is 4.42. The molecule has 2 N–H and O–H groups in total. The van der Waals surface area contributed by atoms with E-state index in [9.17, 15) is 0 Å². The van der Waals surface area contributed by atoms with Crippen LogP contribution in [-0.2, 0) is 0 Å². The van der Waals surface area contributed by atoms with Crippen molar-refractivity contribution in [1.29, 1.82) is 0 Å². The van der Waals surface area contributed by atoms with Crippen LogP contribution < -0.4 is 10.6 Å². The minimum atomic E-state index is 0.469. The predicted molar refractivity (Wildman–Crippen MR) is 95.3 cm³/mol. The van der Waals surface area contributed by atoms with Crippen LogP contribution in [0, 0.1) is 0 Å². The number of rotatable bonds is 4. The SMILES string of the molecule is c1cc(NC2CCNC2)nc(-c2cnc3cc(C4CC4)ccn23)c1. The molecule has 1 aliphatic carbocycles. The van der Waals surface area contributed by atoms with E-state index >= 15 is 0 Å². The molecule has 1 unspecified atom stereocenters. The van der Waals surface area contributed by atoms with Crippen molar-refractivity contribution in [2.45, 2.75) is 31.2 Å². The van der Waals surface area contributed by atoms with Gasteiger partial charge in [-0.3, -0.25) is 4.40 Å². The van der Waals surface area contributed by atoms with Gasteiger partial charge >= 0.3 is 0 Å². The van der Waals surface area contributed by atoms with Crippen molar-refractivity contribution in [3.8, 4) is 11.4 Å². The van der Waals surface area contributed by atoms with Crippen molar-refractivity contribution < 1.29 is 0 Å². The summed E-state index contributed by atoms with van der Waals surface area (Å²) < 4.78 is 2.13. The van der Waals surface area contributed by atoms with E-state index in [1.54, 1.807) is 0 Å². The van der Waals surface area contributed by atoms with Crippen molar-refractivity contribution in [2.24, 2.45) is 0 Å². The summed E-state index contributed by atoms with van der Waals surface area (Å²) in [4.78, 5) is 9.39. The number of imidazole rings is 1. The van der Waals surface area contributed by atoms with Gasteiger partial charge in [-0.1, -0.05) is 6.07 Å². The molecular formula is C19H21N5. The van der Waals surface area contributed by atoms with E-state index in [1.807, 2.05) is 12.3 Å². The highest BCUT2D eigenvalue weighted by Gasteiger charge is 2.24. The van der Waals surface area contributed by atoms with Crippen LogP contribution >= 0.6 is 0 Å². The number of anilines is 1. The summed E-state index contributed by atoms with van der Waals surface area (Å²) in [5.74, 6) is 1.69. The van der Waals surface area contributed by atoms with Crippen LogP contribution in [0.4, 0.5) is 5.82 Å². The lowest BCUT2D eigenvalue weighted by atomic mass is 10.2. The van der Waals surface area contributed by atoms with Crippen molar-refractivity contribution >= 4 is 11.5 Å². The van der Waals surface area contributed by atoms with E-state index in [0.29, 0.717) is 6.04 Å². The zero-order chi connectivity index (χ0) is 15.9. The van der Waals surface area contributed by atoms with Gasteiger partial charge in [0.2, 0.25) is 0 Å². The van der Waals surface area contributed by atoms with Crippen LogP contribution in [0.5, 0.6) is 0 Å². The van der Waals surface area contributed by atoms with Gasteiger partial charge in [0.15, 0.2) is 0 Å². The number of fused-ring (bicyclic) bond motifs is 1. The van der Waals surface area contributed by atoms with E-state index in [4.69, 9.17) is 4.98 Å². The Kier molecular flexibility index (Phi) is 3.26.